The smallest absolute Gasteiger partial charge is 0.136 e. The molecular formula is C44H28O. The molecule has 1 aromatic heterocycles. The average molecular weight is 587 g/mol. The van der Waals surface area contributed by atoms with E-state index in [2.05, 4.69) is 0 Å². The third kappa shape index (κ3) is 4.24. The van der Waals surface area contributed by atoms with Gasteiger partial charge in [0.05, 0.1) is 19.2 Å². The first-order valence-electron chi connectivity index (χ1n) is 21.3. The number of rotatable bonds is 4. The van der Waals surface area contributed by atoms with Gasteiger partial charge < -0.3 is 4.42 Å². The standard InChI is InChI=1S/C44H28O/c1-3-11-29(12-4-1)31-19-21-32(22-20-31)43-36-15-7-9-17-38(36)44(39-18-10-8-16-37(39)43)34-24-26-41-40(27-34)35-25-23-33(28-42(35)45-41)30-13-5-2-6-14-30/h1-28H/i1D,2D,3D,4D,5D,6D,11D,12D,13D,14D,19D,20D,21D,22D. The molecule has 0 radical (unpaired) electrons. The van der Waals surface area contributed by atoms with Crippen molar-refractivity contribution in [2.45, 2.75) is 0 Å². The van der Waals surface area contributed by atoms with Crippen LogP contribution < -0.4 is 0 Å². The van der Waals surface area contributed by atoms with Crippen LogP contribution in [0.1, 0.15) is 19.2 Å². The summed E-state index contributed by atoms with van der Waals surface area (Å²) < 4.78 is 126. The van der Waals surface area contributed by atoms with Crippen LogP contribution in [0, 0.1) is 0 Å². The van der Waals surface area contributed by atoms with Gasteiger partial charge in [-0.2, -0.15) is 0 Å². The Morgan fingerprint density at radius 3 is 1.42 bits per heavy atom. The second-order valence-corrected chi connectivity index (χ2v) is 10.6. The maximum Gasteiger partial charge on any atom is 0.136 e. The summed E-state index contributed by atoms with van der Waals surface area (Å²) in [5.41, 5.74) is 2.81. The van der Waals surface area contributed by atoms with E-state index in [1.165, 1.54) is 0 Å². The van der Waals surface area contributed by atoms with Gasteiger partial charge in [0.15, 0.2) is 0 Å². The molecule has 0 aliphatic rings. The van der Waals surface area contributed by atoms with Crippen molar-refractivity contribution in [1.82, 2.24) is 0 Å². The van der Waals surface area contributed by atoms with Crippen LogP contribution in [0.5, 0.6) is 0 Å². The number of hydrogen-bond donors (Lipinski definition) is 0. The molecule has 210 valence electrons. The minimum atomic E-state index is -0.644. The van der Waals surface area contributed by atoms with Crippen LogP contribution in [0.15, 0.2) is 174 Å². The summed E-state index contributed by atoms with van der Waals surface area (Å²) in [6, 6.07) is 18.8. The molecule has 9 rings (SSSR count). The minimum Gasteiger partial charge on any atom is -0.456 e. The molecule has 0 aliphatic carbocycles. The number of benzene rings is 8. The van der Waals surface area contributed by atoms with Crippen LogP contribution in [0.3, 0.4) is 0 Å². The SMILES string of the molecule is [2H]c1c([2H])c([2H])c(-c2ccc3c(c2)oc2ccc(-c4c5ccccc5c(-c5c([2H])c([2H])c(-c6c([2H])c([2H])c([2H])c([2H])c6[2H])c([2H])c5[2H])c5ccccc45)cc23)c([2H])c1[2H]. The fraction of sp³-hybridized carbons (Fsp3) is 0. The molecule has 0 fully saturated rings. The van der Waals surface area contributed by atoms with Crippen molar-refractivity contribution in [3.8, 4) is 44.5 Å². The molecule has 1 nitrogen and oxygen atoms in total. The van der Waals surface area contributed by atoms with Gasteiger partial charge in [0.1, 0.15) is 11.2 Å². The van der Waals surface area contributed by atoms with Crippen molar-refractivity contribution < 1.29 is 23.6 Å². The molecule has 0 atom stereocenters. The van der Waals surface area contributed by atoms with E-state index in [-0.39, 0.29) is 28.8 Å². The predicted molar refractivity (Wildman–Crippen MR) is 190 cm³/mol. The molecule has 1 heteroatoms. The summed E-state index contributed by atoms with van der Waals surface area (Å²) in [4.78, 5) is 0. The van der Waals surface area contributed by atoms with Crippen molar-refractivity contribution in [1.29, 1.82) is 0 Å². The first-order valence-corrected chi connectivity index (χ1v) is 14.3. The van der Waals surface area contributed by atoms with Crippen LogP contribution in [0.2, 0.25) is 0 Å². The highest BCUT2D eigenvalue weighted by molar-refractivity contribution is 6.22. The third-order valence-corrected chi connectivity index (χ3v) is 8.11. The van der Waals surface area contributed by atoms with E-state index in [9.17, 15) is 2.74 Å². The zero-order chi connectivity index (χ0) is 41.9. The monoisotopic (exact) mass is 586 g/mol. The first kappa shape index (κ1) is 15.2. The largest absolute Gasteiger partial charge is 0.456 e. The molecule has 8 aromatic carbocycles. The molecule has 1 heterocycles. The van der Waals surface area contributed by atoms with E-state index in [1.54, 1.807) is 18.2 Å². The third-order valence-electron chi connectivity index (χ3n) is 8.11. The summed E-state index contributed by atoms with van der Waals surface area (Å²) >= 11 is 0. The first-order chi connectivity index (χ1) is 28.1. The number of hydrogen-bond acceptors (Lipinski definition) is 1. The van der Waals surface area contributed by atoms with E-state index in [0.717, 1.165) is 32.7 Å². The fourth-order valence-corrected chi connectivity index (χ4v) is 6.13. The molecule has 45 heavy (non-hydrogen) atoms. The molecule has 0 saturated carbocycles. The van der Waals surface area contributed by atoms with E-state index < -0.39 is 78.1 Å². The molecule has 0 N–H and O–H groups in total. The van der Waals surface area contributed by atoms with Gasteiger partial charge in [-0.05, 0) is 90.3 Å². The highest BCUT2D eigenvalue weighted by Gasteiger charge is 2.18. The topological polar surface area (TPSA) is 13.1 Å². The van der Waals surface area contributed by atoms with Crippen molar-refractivity contribution in [3.63, 3.8) is 0 Å². The Morgan fingerprint density at radius 1 is 0.333 bits per heavy atom. The maximum atomic E-state index is 9.29. The van der Waals surface area contributed by atoms with E-state index in [4.69, 9.17) is 20.9 Å². The van der Waals surface area contributed by atoms with E-state index in [0.29, 0.717) is 33.1 Å². The molecule has 0 bridgehead atoms. The number of furan rings is 1. The van der Waals surface area contributed by atoms with Gasteiger partial charge in [0, 0.05) is 10.8 Å². The maximum absolute atomic E-state index is 9.29. The van der Waals surface area contributed by atoms with Gasteiger partial charge in [-0.25, -0.2) is 0 Å². The summed E-state index contributed by atoms with van der Waals surface area (Å²) in [6.07, 6.45) is 0. The van der Waals surface area contributed by atoms with Gasteiger partial charge in [0.2, 0.25) is 0 Å². The Labute approximate surface area is 281 Å². The van der Waals surface area contributed by atoms with Crippen LogP contribution in [0.25, 0.3) is 88.0 Å². The van der Waals surface area contributed by atoms with Crippen molar-refractivity contribution in [2.75, 3.05) is 0 Å². The van der Waals surface area contributed by atoms with Gasteiger partial charge in [-0.3, -0.25) is 0 Å². The highest BCUT2D eigenvalue weighted by atomic mass is 16.3. The second kappa shape index (κ2) is 10.4. The molecule has 0 amide bonds. The van der Waals surface area contributed by atoms with Crippen molar-refractivity contribution in [3.05, 3.63) is 170 Å². The van der Waals surface area contributed by atoms with Crippen LogP contribution >= 0.6 is 0 Å². The molecule has 0 unspecified atom stereocenters. The minimum absolute atomic E-state index is 0.00117. The Hall–Kier alpha value is -5.92. The van der Waals surface area contributed by atoms with Crippen LogP contribution in [0.4, 0.5) is 0 Å². The summed E-state index contributed by atoms with van der Waals surface area (Å²) in [5, 5.41) is 4.29. The predicted octanol–water partition coefficient (Wildman–Crippen LogP) is 12.6. The quantitative estimate of drug-likeness (QED) is 0.187. The lowest BCUT2D eigenvalue weighted by molar-refractivity contribution is 0.669. The van der Waals surface area contributed by atoms with Crippen LogP contribution in [-0.2, 0) is 0 Å². The summed E-state index contributed by atoms with van der Waals surface area (Å²) in [6.45, 7) is 0. The Kier molecular flexibility index (Phi) is 3.50. The highest BCUT2D eigenvalue weighted by Crippen LogP contribution is 2.45. The van der Waals surface area contributed by atoms with Gasteiger partial charge in [-0.1, -0.05) is 145 Å². The molecule has 0 spiro atoms. The number of fused-ring (bicyclic) bond motifs is 5. The summed E-state index contributed by atoms with van der Waals surface area (Å²) in [7, 11) is 0. The zero-order valence-electron chi connectivity index (χ0n) is 37.5. The van der Waals surface area contributed by atoms with Crippen molar-refractivity contribution in [2.24, 2.45) is 0 Å². The molecule has 0 aliphatic heterocycles. The Morgan fingerprint density at radius 2 is 0.822 bits per heavy atom. The lowest BCUT2D eigenvalue weighted by atomic mass is 9.85. The molecule has 0 saturated heterocycles. The Balaban J connectivity index is 1.27. The lowest BCUT2D eigenvalue weighted by Gasteiger charge is -2.18. The van der Waals surface area contributed by atoms with Crippen LogP contribution in [-0.4, -0.2) is 0 Å². The van der Waals surface area contributed by atoms with E-state index in [1.807, 2.05) is 66.7 Å². The Bertz CT molecular complexity index is 3190. The van der Waals surface area contributed by atoms with Gasteiger partial charge >= 0.3 is 0 Å². The molecular weight excluding hydrogens is 544 g/mol. The lowest BCUT2D eigenvalue weighted by Crippen LogP contribution is -1.91. The van der Waals surface area contributed by atoms with Gasteiger partial charge in [0.25, 0.3) is 0 Å². The molecule has 9 aromatic rings. The van der Waals surface area contributed by atoms with Gasteiger partial charge in [-0.15, -0.1) is 0 Å². The van der Waals surface area contributed by atoms with Crippen molar-refractivity contribution >= 4 is 43.5 Å². The zero-order valence-corrected chi connectivity index (χ0v) is 23.5. The fourth-order valence-electron chi connectivity index (χ4n) is 6.13. The average Bonchev–Trinajstić information content (AvgIpc) is 3.61. The summed E-state index contributed by atoms with van der Waals surface area (Å²) in [5.74, 6) is 0. The normalized spacial score (nSPS) is 15.9. The van der Waals surface area contributed by atoms with E-state index >= 15 is 0 Å². The second-order valence-electron chi connectivity index (χ2n) is 10.6.